The van der Waals surface area contributed by atoms with E-state index < -0.39 is 10.0 Å². The van der Waals surface area contributed by atoms with Crippen LogP contribution in [0.25, 0.3) is 0 Å². The van der Waals surface area contributed by atoms with Gasteiger partial charge in [-0.2, -0.15) is 0 Å². The minimum absolute atomic E-state index is 0.149. The van der Waals surface area contributed by atoms with Crippen molar-refractivity contribution >= 4 is 10.0 Å². The lowest BCUT2D eigenvalue weighted by Crippen LogP contribution is -2.53. The number of piperidine rings is 1. The van der Waals surface area contributed by atoms with Crippen LogP contribution >= 0.6 is 0 Å². The zero-order valence-corrected chi connectivity index (χ0v) is 12.1. The van der Waals surface area contributed by atoms with Crippen LogP contribution in [0.1, 0.15) is 26.7 Å². The molecule has 2 aliphatic rings. The zero-order chi connectivity index (χ0) is 13.3. The zero-order valence-electron chi connectivity index (χ0n) is 11.3. The molecule has 6 heteroatoms. The highest BCUT2D eigenvalue weighted by molar-refractivity contribution is 7.89. The summed E-state index contributed by atoms with van der Waals surface area (Å²) in [6, 6.07) is 0.614. The SMILES string of the molecule is CCS(=O)(=O)NCC(C)N1C[C@H]2CC[C@@H](C1)C2N. The van der Waals surface area contributed by atoms with Crippen molar-refractivity contribution in [3.8, 4) is 0 Å². The van der Waals surface area contributed by atoms with Crippen molar-refractivity contribution in [1.82, 2.24) is 9.62 Å². The Balaban J connectivity index is 1.86. The summed E-state index contributed by atoms with van der Waals surface area (Å²) >= 11 is 0. The molecule has 1 saturated heterocycles. The quantitative estimate of drug-likeness (QED) is 0.739. The molecular formula is C12H25N3O2S. The van der Waals surface area contributed by atoms with Gasteiger partial charge in [-0.15, -0.1) is 0 Å². The highest BCUT2D eigenvalue weighted by Gasteiger charge is 2.40. The van der Waals surface area contributed by atoms with Gasteiger partial charge in [-0.1, -0.05) is 0 Å². The highest BCUT2D eigenvalue weighted by atomic mass is 32.2. The Morgan fingerprint density at radius 3 is 2.39 bits per heavy atom. The van der Waals surface area contributed by atoms with E-state index in [1.165, 1.54) is 12.8 Å². The van der Waals surface area contributed by atoms with Gasteiger partial charge in [0.15, 0.2) is 0 Å². The van der Waals surface area contributed by atoms with Crippen molar-refractivity contribution in [3.63, 3.8) is 0 Å². The summed E-state index contributed by atoms with van der Waals surface area (Å²) in [5.74, 6) is 1.36. The summed E-state index contributed by atoms with van der Waals surface area (Å²) in [6.45, 7) is 6.30. The van der Waals surface area contributed by atoms with Crippen LogP contribution in [-0.2, 0) is 10.0 Å². The molecule has 0 aromatic rings. The van der Waals surface area contributed by atoms with Crippen LogP contribution < -0.4 is 10.5 Å². The summed E-state index contributed by atoms with van der Waals surface area (Å²) in [5.41, 5.74) is 6.17. The third kappa shape index (κ3) is 3.04. The highest BCUT2D eigenvalue weighted by Crippen LogP contribution is 2.36. The maximum atomic E-state index is 11.4. The smallest absolute Gasteiger partial charge is 0.211 e. The van der Waals surface area contributed by atoms with E-state index in [1.54, 1.807) is 6.92 Å². The molecule has 1 saturated carbocycles. The molecule has 1 aliphatic carbocycles. The van der Waals surface area contributed by atoms with Gasteiger partial charge in [0.05, 0.1) is 5.75 Å². The summed E-state index contributed by atoms with van der Waals surface area (Å²) in [7, 11) is -3.08. The second-order valence-electron chi connectivity index (χ2n) is 5.73. The lowest BCUT2D eigenvalue weighted by Gasteiger charge is -2.39. The predicted molar refractivity (Wildman–Crippen MR) is 72.7 cm³/mol. The van der Waals surface area contributed by atoms with Crippen molar-refractivity contribution < 1.29 is 8.42 Å². The van der Waals surface area contributed by atoms with Gasteiger partial charge in [0, 0.05) is 31.7 Å². The van der Waals surface area contributed by atoms with Gasteiger partial charge in [0.25, 0.3) is 0 Å². The third-order valence-electron chi connectivity index (χ3n) is 4.54. The van der Waals surface area contributed by atoms with Gasteiger partial charge < -0.3 is 5.73 Å². The van der Waals surface area contributed by atoms with Crippen molar-refractivity contribution in [1.29, 1.82) is 0 Å². The molecule has 106 valence electrons. The largest absolute Gasteiger partial charge is 0.327 e. The molecule has 0 radical (unpaired) electrons. The average molecular weight is 275 g/mol. The summed E-state index contributed by atoms with van der Waals surface area (Å²) in [4.78, 5) is 2.39. The molecule has 0 spiro atoms. The molecule has 2 bridgehead atoms. The Hall–Kier alpha value is -0.170. The molecule has 0 amide bonds. The van der Waals surface area contributed by atoms with Crippen molar-refractivity contribution in [2.24, 2.45) is 17.6 Å². The maximum absolute atomic E-state index is 11.4. The van der Waals surface area contributed by atoms with E-state index >= 15 is 0 Å². The maximum Gasteiger partial charge on any atom is 0.211 e. The van der Waals surface area contributed by atoms with Gasteiger partial charge >= 0.3 is 0 Å². The monoisotopic (exact) mass is 275 g/mol. The molecule has 1 heterocycles. The van der Waals surface area contributed by atoms with Crippen LogP contribution in [0.5, 0.6) is 0 Å². The molecule has 0 aromatic heterocycles. The van der Waals surface area contributed by atoms with E-state index in [9.17, 15) is 8.42 Å². The van der Waals surface area contributed by atoms with E-state index in [1.807, 2.05) is 0 Å². The van der Waals surface area contributed by atoms with Gasteiger partial charge in [0.1, 0.15) is 0 Å². The van der Waals surface area contributed by atoms with Gasteiger partial charge in [0.2, 0.25) is 10.0 Å². The fourth-order valence-electron chi connectivity index (χ4n) is 3.14. The molecule has 2 fully saturated rings. The van der Waals surface area contributed by atoms with Crippen LogP contribution in [0, 0.1) is 11.8 Å². The van der Waals surface area contributed by atoms with E-state index in [0.717, 1.165) is 13.1 Å². The molecule has 2 rings (SSSR count). The Labute approximate surface area is 110 Å². The number of hydrogen-bond donors (Lipinski definition) is 2. The van der Waals surface area contributed by atoms with Crippen LogP contribution in [0.2, 0.25) is 0 Å². The first kappa shape index (κ1) is 14.2. The van der Waals surface area contributed by atoms with E-state index in [0.29, 0.717) is 24.4 Å². The molecule has 0 aromatic carbocycles. The second kappa shape index (κ2) is 5.45. The normalized spacial score (nSPS) is 34.7. The number of nitrogens with zero attached hydrogens (tertiary/aromatic N) is 1. The lowest BCUT2D eigenvalue weighted by molar-refractivity contribution is 0.110. The lowest BCUT2D eigenvalue weighted by atomic mass is 9.92. The molecule has 5 nitrogen and oxygen atoms in total. The minimum atomic E-state index is -3.08. The van der Waals surface area contributed by atoms with Crippen molar-refractivity contribution in [3.05, 3.63) is 0 Å². The number of sulfonamides is 1. The first-order valence-corrected chi connectivity index (χ1v) is 8.55. The number of nitrogens with one attached hydrogen (secondary N) is 1. The van der Waals surface area contributed by atoms with Crippen LogP contribution in [0.4, 0.5) is 0 Å². The standard InChI is InChI=1S/C12H25N3O2S/c1-3-18(16,17)14-6-9(2)15-7-10-4-5-11(8-15)12(10)13/h9-12,14H,3-8,13H2,1-2H3/t9?,10-,11+,12?. The Kier molecular flexibility index (Phi) is 4.31. The number of fused-ring (bicyclic) bond motifs is 2. The number of nitrogens with two attached hydrogens (primary N) is 1. The molecule has 3 N–H and O–H groups in total. The Morgan fingerprint density at radius 2 is 1.89 bits per heavy atom. The predicted octanol–water partition coefficient (Wildman–Crippen LogP) is -0.0167. The van der Waals surface area contributed by atoms with E-state index in [4.69, 9.17) is 5.73 Å². The fraction of sp³-hybridized carbons (Fsp3) is 1.00. The minimum Gasteiger partial charge on any atom is -0.327 e. The second-order valence-corrected chi connectivity index (χ2v) is 7.83. The first-order chi connectivity index (χ1) is 8.43. The van der Waals surface area contributed by atoms with Crippen molar-refractivity contribution in [2.45, 2.75) is 38.8 Å². The Bertz CT molecular complexity index is 371. The van der Waals surface area contributed by atoms with Crippen molar-refractivity contribution in [2.75, 3.05) is 25.4 Å². The van der Waals surface area contributed by atoms with Gasteiger partial charge in [-0.3, -0.25) is 4.90 Å². The van der Waals surface area contributed by atoms with Crippen LogP contribution in [0.15, 0.2) is 0 Å². The molecule has 1 aliphatic heterocycles. The average Bonchev–Trinajstić information content (AvgIpc) is 2.58. The van der Waals surface area contributed by atoms with Gasteiger partial charge in [-0.05, 0) is 38.5 Å². The molecule has 2 unspecified atom stereocenters. The first-order valence-electron chi connectivity index (χ1n) is 6.90. The summed E-state index contributed by atoms with van der Waals surface area (Å²) in [5, 5.41) is 0. The summed E-state index contributed by atoms with van der Waals surface area (Å²) in [6.07, 6.45) is 2.46. The van der Waals surface area contributed by atoms with E-state index in [2.05, 4.69) is 16.5 Å². The number of rotatable bonds is 5. The number of hydrogen-bond acceptors (Lipinski definition) is 4. The van der Waals surface area contributed by atoms with Gasteiger partial charge in [-0.25, -0.2) is 13.1 Å². The Morgan fingerprint density at radius 1 is 1.33 bits per heavy atom. The number of likely N-dealkylation sites (tertiary alicyclic amines) is 1. The van der Waals surface area contributed by atoms with E-state index in [-0.39, 0.29) is 11.8 Å². The fourth-order valence-corrected chi connectivity index (χ4v) is 3.84. The van der Waals surface area contributed by atoms with Crippen LogP contribution in [0.3, 0.4) is 0 Å². The molecular weight excluding hydrogens is 250 g/mol. The molecule has 18 heavy (non-hydrogen) atoms. The topological polar surface area (TPSA) is 75.4 Å². The molecule has 4 atom stereocenters. The summed E-state index contributed by atoms with van der Waals surface area (Å²) < 4.78 is 25.5. The van der Waals surface area contributed by atoms with Crippen LogP contribution in [-0.4, -0.2) is 50.8 Å². The third-order valence-corrected chi connectivity index (χ3v) is 5.90.